The van der Waals surface area contributed by atoms with Gasteiger partial charge in [0, 0.05) is 12.2 Å². The van der Waals surface area contributed by atoms with Crippen molar-refractivity contribution in [3.05, 3.63) is 29.8 Å². The van der Waals surface area contributed by atoms with Crippen molar-refractivity contribution < 1.29 is 19.0 Å². The molecule has 6 nitrogen and oxygen atoms in total. The fourth-order valence-corrected chi connectivity index (χ4v) is 2.42. The van der Waals surface area contributed by atoms with Gasteiger partial charge < -0.3 is 19.5 Å². The molecular formula is C15H20N2O4. The molecule has 0 atom stereocenters. The molecule has 0 radical (unpaired) electrons. The zero-order valence-electron chi connectivity index (χ0n) is 11.9. The van der Waals surface area contributed by atoms with Crippen LogP contribution in [0.2, 0.25) is 0 Å². The van der Waals surface area contributed by atoms with Gasteiger partial charge in [0.25, 0.3) is 0 Å². The maximum Gasteiger partial charge on any atom is 0.414 e. The highest BCUT2D eigenvalue weighted by atomic mass is 16.6. The molecule has 0 bridgehead atoms. The van der Waals surface area contributed by atoms with E-state index in [9.17, 15) is 4.79 Å². The first-order valence-corrected chi connectivity index (χ1v) is 7.25. The molecule has 2 heterocycles. The van der Waals surface area contributed by atoms with E-state index in [2.05, 4.69) is 5.32 Å². The first-order chi connectivity index (χ1) is 10.3. The molecule has 0 aromatic heterocycles. The van der Waals surface area contributed by atoms with Crippen LogP contribution in [0.25, 0.3) is 0 Å². The second-order valence-electron chi connectivity index (χ2n) is 5.16. The van der Waals surface area contributed by atoms with Crippen molar-refractivity contribution in [2.45, 2.75) is 12.6 Å². The molecule has 2 fully saturated rings. The first-order valence-electron chi connectivity index (χ1n) is 7.25. The molecule has 1 aromatic rings. The number of hydrogen-bond acceptors (Lipinski definition) is 5. The SMILES string of the molecule is O=C1OCCN1c1ccc(CNC2COCCOC2)cc1. The lowest BCUT2D eigenvalue weighted by molar-refractivity contribution is 0.103. The normalized spacial score (nSPS) is 20.4. The molecule has 6 heteroatoms. The minimum atomic E-state index is -0.270. The van der Waals surface area contributed by atoms with E-state index in [0.29, 0.717) is 39.6 Å². The van der Waals surface area contributed by atoms with E-state index in [4.69, 9.17) is 14.2 Å². The molecular weight excluding hydrogens is 272 g/mol. The standard InChI is InChI=1S/C15H20N2O4/c18-15-17(5-6-21-15)14-3-1-12(2-4-14)9-16-13-10-19-7-8-20-11-13/h1-4,13,16H,5-11H2. The molecule has 0 spiro atoms. The van der Waals surface area contributed by atoms with Crippen LogP contribution in [-0.2, 0) is 20.8 Å². The smallest absolute Gasteiger partial charge is 0.414 e. The van der Waals surface area contributed by atoms with Crippen LogP contribution in [0.5, 0.6) is 0 Å². The molecule has 21 heavy (non-hydrogen) atoms. The summed E-state index contributed by atoms with van der Waals surface area (Å²) in [6.07, 6.45) is -0.270. The van der Waals surface area contributed by atoms with Gasteiger partial charge in [0.15, 0.2) is 0 Å². The lowest BCUT2D eigenvalue weighted by atomic mass is 10.2. The molecule has 0 saturated carbocycles. The van der Waals surface area contributed by atoms with E-state index < -0.39 is 0 Å². The summed E-state index contributed by atoms with van der Waals surface area (Å²) in [5.41, 5.74) is 2.04. The number of nitrogens with zero attached hydrogens (tertiary/aromatic N) is 1. The van der Waals surface area contributed by atoms with Crippen LogP contribution in [0.3, 0.4) is 0 Å². The van der Waals surface area contributed by atoms with Crippen molar-refractivity contribution in [2.24, 2.45) is 0 Å². The third-order valence-electron chi connectivity index (χ3n) is 3.61. The summed E-state index contributed by atoms with van der Waals surface area (Å²) in [5.74, 6) is 0. The molecule has 0 aliphatic carbocycles. The highest BCUT2D eigenvalue weighted by Crippen LogP contribution is 2.19. The number of amides is 1. The number of carbonyl (C=O) groups excluding carboxylic acids is 1. The highest BCUT2D eigenvalue weighted by molar-refractivity contribution is 5.89. The Balaban J connectivity index is 1.53. The number of ether oxygens (including phenoxy) is 3. The van der Waals surface area contributed by atoms with Crippen molar-refractivity contribution in [1.29, 1.82) is 0 Å². The number of anilines is 1. The first kappa shape index (κ1) is 14.3. The Morgan fingerprint density at radius 3 is 2.43 bits per heavy atom. The molecule has 2 aliphatic heterocycles. The Hall–Kier alpha value is -1.63. The van der Waals surface area contributed by atoms with Crippen LogP contribution in [0.15, 0.2) is 24.3 Å². The summed E-state index contributed by atoms with van der Waals surface area (Å²) in [5, 5.41) is 3.42. The molecule has 1 N–H and O–H groups in total. The van der Waals surface area contributed by atoms with Crippen LogP contribution in [0, 0.1) is 0 Å². The van der Waals surface area contributed by atoms with E-state index in [1.54, 1.807) is 4.90 Å². The van der Waals surface area contributed by atoms with E-state index in [-0.39, 0.29) is 12.1 Å². The minimum absolute atomic E-state index is 0.223. The molecule has 2 saturated heterocycles. The fourth-order valence-electron chi connectivity index (χ4n) is 2.42. The molecule has 114 valence electrons. The van der Waals surface area contributed by atoms with Gasteiger partial charge in [-0.25, -0.2) is 4.79 Å². The lowest BCUT2D eigenvalue weighted by Gasteiger charge is -2.16. The second-order valence-corrected chi connectivity index (χ2v) is 5.16. The maximum atomic E-state index is 11.5. The Labute approximate surface area is 124 Å². The summed E-state index contributed by atoms with van der Waals surface area (Å²) >= 11 is 0. The van der Waals surface area contributed by atoms with E-state index in [1.807, 2.05) is 24.3 Å². The summed E-state index contributed by atoms with van der Waals surface area (Å²) in [4.78, 5) is 13.1. The summed E-state index contributed by atoms with van der Waals surface area (Å²) in [7, 11) is 0. The quantitative estimate of drug-likeness (QED) is 0.902. The molecule has 0 unspecified atom stereocenters. The Kier molecular flexibility index (Phi) is 4.69. The minimum Gasteiger partial charge on any atom is -0.447 e. The van der Waals surface area contributed by atoms with Gasteiger partial charge in [-0.1, -0.05) is 12.1 Å². The Bertz CT molecular complexity index is 469. The molecule has 2 aliphatic rings. The van der Waals surface area contributed by atoms with E-state index >= 15 is 0 Å². The third-order valence-corrected chi connectivity index (χ3v) is 3.61. The molecule has 1 amide bonds. The largest absolute Gasteiger partial charge is 0.447 e. The average molecular weight is 292 g/mol. The molecule has 1 aromatic carbocycles. The van der Waals surface area contributed by atoms with Crippen LogP contribution in [0.1, 0.15) is 5.56 Å². The van der Waals surface area contributed by atoms with Crippen LogP contribution in [0.4, 0.5) is 10.5 Å². The van der Waals surface area contributed by atoms with E-state index in [0.717, 1.165) is 17.8 Å². The summed E-state index contributed by atoms with van der Waals surface area (Å²) < 4.78 is 15.8. The zero-order chi connectivity index (χ0) is 14.5. The van der Waals surface area contributed by atoms with Crippen molar-refractivity contribution in [2.75, 3.05) is 44.5 Å². The van der Waals surface area contributed by atoms with E-state index in [1.165, 1.54) is 0 Å². The summed E-state index contributed by atoms with van der Waals surface area (Å²) in [6, 6.07) is 8.16. The van der Waals surface area contributed by atoms with Crippen molar-refractivity contribution in [3.63, 3.8) is 0 Å². The second kappa shape index (κ2) is 6.89. The third kappa shape index (κ3) is 3.72. The Morgan fingerprint density at radius 2 is 1.81 bits per heavy atom. The van der Waals surface area contributed by atoms with Gasteiger partial charge in [-0.3, -0.25) is 4.90 Å². The van der Waals surface area contributed by atoms with Crippen molar-refractivity contribution in [3.8, 4) is 0 Å². The van der Waals surface area contributed by atoms with Crippen LogP contribution < -0.4 is 10.2 Å². The predicted octanol–water partition coefficient (Wildman–Crippen LogP) is 1.15. The fraction of sp³-hybridized carbons (Fsp3) is 0.533. The van der Waals surface area contributed by atoms with Crippen molar-refractivity contribution >= 4 is 11.8 Å². The van der Waals surface area contributed by atoms with Gasteiger partial charge in [0.1, 0.15) is 6.61 Å². The monoisotopic (exact) mass is 292 g/mol. The van der Waals surface area contributed by atoms with Gasteiger partial charge in [-0.2, -0.15) is 0 Å². The molecule has 3 rings (SSSR count). The lowest BCUT2D eigenvalue weighted by Crippen LogP contribution is -2.35. The highest BCUT2D eigenvalue weighted by Gasteiger charge is 2.23. The number of cyclic esters (lactones) is 1. The van der Waals surface area contributed by atoms with Crippen LogP contribution >= 0.6 is 0 Å². The predicted molar refractivity (Wildman–Crippen MR) is 77.4 cm³/mol. The maximum absolute atomic E-state index is 11.5. The van der Waals surface area contributed by atoms with Crippen LogP contribution in [-0.4, -0.2) is 51.7 Å². The number of hydrogen-bond donors (Lipinski definition) is 1. The van der Waals surface area contributed by atoms with Gasteiger partial charge in [0.05, 0.1) is 39.0 Å². The number of benzene rings is 1. The summed E-state index contributed by atoms with van der Waals surface area (Å²) in [6.45, 7) is 4.52. The number of rotatable bonds is 4. The van der Waals surface area contributed by atoms with Gasteiger partial charge >= 0.3 is 6.09 Å². The van der Waals surface area contributed by atoms with Gasteiger partial charge in [0.2, 0.25) is 0 Å². The zero-order valence-corrected chi connectivity index (χ0v) is 11.9. The topological polar surface area (TPSA) is 60.0 Å². The van der Waals surface area contributed by atoms with Gasteiger partial charge in [-0.05, 0) is 17.7 Å². The number of carbonyl (C=O) groups is 1. The van der Waals surface area contributed by atoms with Crippen molar-refractivity contribution in [1.82, 2.24) is 5.32 Å². The Morgan fingerprint density at radius 1 is 1.10 bits per heavy atom. The number of nitrogens with one attached hydrogen (secondary N) is 1. The van der Waals surface area contributed by atoms with Gasteiger partial charge in [-0.15, -0.1) is 0 Å². The average Bonchev–Trinajstić information content (AvgIpc) is 2.78.